The second-order valence-electron chi connectivity index (χ2n) is 5.62. The van der Waals surface area contributed by atoms with Gasteiger partial charge in [-0.1, -0.05) is 18.2 Å². The van der Waals surface area contributed by atoms with E-state index in [1.54, 1.807) is 16.6 Å². The van der Waals surface area contributed by atoms with Crippen molar-refractivity contribution in [2.24, 2.45) is 0 Å². The van der Waals surface area contributed by atoms with Gasteiger partial charge < -0.3 is 4.74 Å². The van der Waals surface area contributed by atoms with Crippen molar-refractivity contribution in [2.75, 3.05) is 0 Å². The maximum absolute atomic E-state index is 12.9. The number of hydrogen-bond acceptors (Lipinski definition) is 3. The van der Waals surface area contributed by atoms with E-state index >= 15 is 0 Å². The molecule has 0 amide bonds. The van der Waals surface area contributed by atoms with Crippen molar-refractivity contribution in [3.8, 4) is 11.6 Å². The predicted molar refractivity (Wildman–Crippen MR) is 86.7 cm³/mol. The lowest BCUT2D eigenvalue weighted by Gasteiger charge is -2.11. The summed E-state index contributed by atoms with van der Waals surface area (Å²) in [6.45, 7) is 1.84. The van der Waals surface area contributed by atoms with Crippen LogP contribution in [0.15, 0.2) is 54.6 Å². The fourth-order valence-corrected chi connectivity index (χ4v) is 2.67. The van der Waals surface area contributed by atoms with E-state index in [4.69, 9.17) is 4.74 Å². The summed E-state index contributed by atoms with van der Waals surface area (Å²) in [7, 11) is 0. The molecule has 4 aromatic rings. The maximum Gasteiger partial charge on any atom is 0.416 e. The number of aryl methyl sites for hydroxylation is 1. The largest absolute Gasteiger partial charge is 0.438 e. The molecule has 0 aliphatic carbocycles. The molecule has 2 aromatic carbocycles. The molecule has 4 nitrogen and oxygen atoms in total. The highest BCUT2D eigenvalue weighted by Crippen LogP contribution is 2.34. The average molecular weight is 343 g/mol. The lowest BCUT2D eigenvalue weighted by molar-refractivity contribution is -0.137. The molecule has 0 spiro atoms. The standard InChI is InChI=1S/C18H12F3N3O/c1-11-9-16-22-17(14-7-2-3-8-15(14)24(16)23-11)25-13-6-4-5-12(10-13)18(19,20)21/h2-10H,1H3. The third kappa shape index (κ3) is 2.77. The van der Waals surface area contributed by atoms with E-state index in [1.165, 1.54) is 12.1 Å². The van der Waals surface area contributed by atoms with Gasteiger partial charge in [-0.05, 0) is 37.3 Å². The van der Waals surface area contributed by atoms with Crippen LogP contribution in [0.2, 0.25) is 0 Å². The zero-order valence-corrected chi connectivity index (χ0v) is 13.1. The molecular weight excluding hydrogens is 331 g/mol. The number of fused-ring (bicyclic) bond motifs is 3. The van der Waals surface area contributed by atoms with E-state index in [2.05, 4.69) is 10.1 Å². The number of halogens is 3. The third-order valence-electron chi connectivity index (χ3n) is 3.77. The molecule has 0 saturated carbocycles. The van der Waals surface area contributed by atoms with Gasteiger partial charge in [-0.15, -0.1) is 0 Å². The Balaban J connectivity index is 1.86. The molecule has 126 valence electrons. The monoisotopic (exact) mass is 343 g/mol. The summed E-state index contributed by atoms with van der Waals surface area (Å²) in [6, 6.07) is 13.8. The van der Waals surface area contributed by atoms with Crippen molar-refractivity contribution in [1.82, 2.24) is 14.6 Å². The second kappa shape index (κ2) is 5.47. The minimum absolute atomic E-state index is 0.0769. The summed E-state index contributed by atoms with van der Waals surface area (Å²) in [6.07, 6.45) is -4.43. The molecule has 25 heavy (non-hydrogen) atoms. The summed E-state index contributed by atoms with van der Waals surface area (Å²) < 4.78 is 46.0. The first kappa shape index (κ1) is 15.4. The number of aromatic nitrogens is 3. The number of ether oxygens (including phenoxy) is 1. The van der Waals surface area contributed by atoms with E-state index in [0.717, 1.165) is 23.3 Å². The van der Waals surface area contributed by atoms with Crippen molar-refractivity contribution in [3.05, 3.63) is 65.9 Å². The quantitative estimate of drug-likeness (QED) is 0.514. The van der Waals surface area contributed by atoms with Crippen molar-refractivity contribution in [1.29, 1.82) is 0 Å². The van der Waals surface area contributed by atoms with Gasteiger partial charge in [0.2, 0.25) is 5.88 Å². The Morgan fingerprint density at radius 3 is 2.60 bits per heavy atom. The van der Waals surface area contributed by atoms with Crippen LogP contribution in [0.5, 0.6) is 11.6 Å². The highest BCUT2D eigenvalue weighted by atomic mass is 19.4. The van der Waals surface area contributed by atoms with E-state index in [9.17, 15) is 13.2 Å². The van der Waals surface area contributed by atoms with E-state index < -0.39 is 11.7 Å². The molecule has 0 radical (unpaired) electrons. The molecule has 0 saturated heterocycles. The molecule has 2 aromatic heterocycles. The third-order valence-corrected chi connectivity index (χ3v) is 3.77. The molecule has 0 N–H and O–H groups in total. The van der Waals surface area contributed by atoms with Crippen molar-refractivity contribution < 1.29 is 17.9 Å². The Bertz CT molecular complexity index is 1090. The second-order valence-corrected chi connectivity index (χ2v) is 5.62. The Labute approximate surface area is 140 Å². The normalized spacial score (nSPS) is 12.0. The zero-order chi connectivity index (χ0) is 17.6. The first-order valence-electron chi connectivity index (χ1n) is 7.52. The van der Waals surface area contributed by atoms with Gasteiger partial charge in [0.05, 0.1) is 22.2 Å². The fourth-order valence-electron chi connectivity index (χ4n) is 2.67. The SMILES string of the molecule is Cc1cc2nc(Oc3cccc(C(F)(F)F)c3)c3ccccc3n2n1. The highest BCUT2D eigenvalue weighted by molar-refractivity contribution is 5.86. The predicted octanol–water partition coefficient (Wildman–Crippen LogP) is 5.00. The van der Waals surface area contributed by atoms with Crippen LogP contribution < -0.4 is 4.74 Å². The van der Waals surface area contributed by atoms with E-state index in [0.29, 0.717) is 11.0 Å². The van der Waals surface area contributed by atoms with E-state index in [-0.39, 0.29) is 11.6 Å². The molecule has 0 unspecified atom stereocenters. The van der Waals surface area contributed by atoms with Gasteiger partial charge in [-0.25, -0.2) is 4.52 Å². The number of alkyl halides is 3. The Hall–Kier alpha value is -3.09. The van der Waals surface area contributed by atoms with Gasteiger partial charge in [0, 0.05) is 6.07 Å². The van der Waals surface area contributed by atoms with Gasteiger partial charge >= 0.3 is 6.18 Å². The molecule has 2 heterocycles. The lowest BCUT2D eigenvalue weighted by atomic mass is 10.2. The minimum atomic E-state index is -4.43. The summed E-state index contributed by atoms with van der Waals surface area (Å²) >= 11 is 0. The van der Waals surface area contributed by atoms with Crippen LogP contribution in [0.3, 0.4) is 0 Å². The van der Waals surface area contributed by atoms with Crippen molar-refractivity contribution in [3.63, 3.8) is 0 Å². The first-order valence-corrected chi connectivity index (χ1v) is 7.52. The molecule has 7 heteroatoms. The van der Waals surface area contributed by atoms with Crippen molar-refractivity contribution >= 4 is 16.6 Å². The van der Waals surface area contributed by atoms with Crippen LogP contribution >= 0.6 is 0 Å². The van der Waals surface area contributed by atoms with Crippen LogP contribution in [0.4, 0.5) is 13.2 Å². The van der Waals surface area contributed by atoms with Crippen LogP contribution in [0.25, 0.3) is 16.6 Å². The lowest BCUT2D eigenvalue weighted by Crippen LogP contribution is -2.04. The van der Waals surface area contributed by atoms with Crippen LogP contribution in [0, 0.1) is 6.92 Å². The molecular formula is C18H12F3N3O. The molecule has 4 rings (SSSR count). The number of hydrogen-bond donors (Lipinski definition) is 0. The van der Waals surface area contributed by atoms with Gasteiger partial charge in [0.1, 0.15) is 5.75 Å². The molecule has 0 fully saturated rings. The van der Waals surface area contributed by atoms with Crippen LogP contribution in [-0.2, 0) is 6.18 Å². The van der Waals surface area contributed by atoms with Gasteiger partial charge in [-0.2, -0.15) is 23.3 Å². The van der Waals surface area contributed by atoms with Gasteiger partial charge in [-0.3, -0.25) is 0 Å². The molecule has 0 atom stereocenters. The Kier molecular flexibility index (Phi) is 3.38. The van der Waals surface area contributed by atoms with Gasteiger partial charge in [0.15, 0.2) is 5.65 Å². The summed E-state index contributed by atoms with van der Waals surface area (Å²) in [5.74, 6) is 0.315. The number of benzene rings is 2. The number of nitrogens with zero attached hydrogens (tertiary/aromatic N) is 3. The topological polar surface area (TPSA) is 39.4 Å². The summed E-state index contributed by atoms with van der Waals surface area (Å²) in [5, 5.41) is 5.05. The number of para-hydroxylation sites is 1. The zero-order valence-electron chi connectivity index (χ0n) is 13.1. The summed E-state index contributed by atoms with van der Waals surface area (Å²) in [5.41, 5.74) is 1.35. The van der Waals surface area contributed by atoms with Crippen LogP contribution in [-0.4, -0.2) is 14.6 Å². The molecule has 0 aliphatic rings. The minimum Gasteiger partial charge on any atom is -0.438 e. The smallest absolute Gasteiger partial charge is 0.416 e. The fraction of sp³-hybridized carbons (Fsp3) is 0.111. The summed E-state index contributed by atoms with van der Waals surface area (Å²) in [4.78, 5) is 4.41. The molecule has 0 aliphatic heterocycles. The first-order chi connectivity index (χ1) is 11.9. The number of rotatable bonds is 2. The van der Waals surface area contributed by atoms with E-state index in [1.807, 2.05) is 25.1 Å². The average Bonchev–Trinajstić information content (AvgIpc) is 2.95. The van der Waals surface area contributed by atoms with Crippen molar-refractivity contribution in [2.45, 2.75) is 13.1 Å². The maximum atomic E-state index is 12.9. The highest BCUT2D eigenvalue weighted by Gasteiger charge is 2.30. The Morgan fingerprint density at radius 2 is 1.80 bits per heavy atom. The Morgan fingerprint density at radius 1 is 1.00 bits per heavy atom. The van der Waals surface area contributed by atoms with Crippen LogP contribution in [0.1, 0.15) is 11.3 Å². The molecule has 0 bridgehead atoms. The van der Waals surface area contributed by atoms with Gasteiger partial charge in [0.25, 0.3) is 0 Å².